The van der Waals surface area contributed by atoms with E-state index in [0.717, 1.165) is 36.5 Å². The predicted molar refractivity (Wildman–Crippen MR) is 91.2 cm³/mol. The molecule has 0 spiro atoms. The minimum absolute atomic E-state index is 0.00380. The van der Waals surface area contributed by atoms with Crippen molar-refractivity contribution < 1.29 is 9.90 Å². The second-order valence-corrected chi connectivity index (χ2v) is 5.82. The zero-order valence-corrected chi connectivity index (χ0v) is 13.0. The summed E-state index contributed by atoms with van der Waals surface area (Å²) in [6.07, 6.45) is 0.944. The van der Waals surface area contributed by atoms with Gasteiger partial charge in [0.15, 0.2) is 0 Å². The maximum Gasteiger partial charge on any atom is 0.309 e. The number of hydrogen-bond donors (Lipinski definition) is 1. The molecule has 1 aliphatic heterocycles. The van der Waals surface area contributed by atoms with Crippen LogP contribution in [0.5, 0.6) is 0 Å². The summed E-state index contributed by atoms with van der Waals surface area (Å²) in [5.74, 6) is -0.828. The maximum atomic E-state index is 11.1. The highest BCUT2D eigenvalue weighted by atomic mass is 16.4. The zero-order chi connectivity index (χ0) is 16.1. The summed E-state index contributed by atoms with van der Waals surface area (Å²) in [5, 5.41) is 9.10. The second kappa shape index (κ2) is 7.20. The predicted octanol–water partition coefficient (Wildman–Crippen LogP) is 3.29. The molecule has 2 aromatic rings. The van der Waals surface area contributed by atoms with Crippen molar-refractivity contribution in [1.82, 2.24) is 4.90 Å². The van der Waals surface area contributed by atoms with E-state index in [4.69, 9.17) is 5.11 Å². The van der Waals surface area contributed by atoms with Crippen LogP contribution in [-0.2, 0) is 17.8 Å². The summed E-state index contributed by atoms with van der Waals surface area (Å²) in [4.78, 5) is 17.9. The van der Waals surface area contributed by atoms with Crippen LogP contribution in [-0.4, -0.2) is 34.8 Å². The standard InChI is InChI=1S/C19H20N2O2/c22-19(23)12-17-14-21(11-10-15-6-2-1-3-7-15)13-16-8-4-5-9-18(16)20-17/h1-9H,10-14H2,(H,22,23). The molecule has 0 radical (unpaired) electrons. The van der Waals surface area contributed by atoms with Crippen LogP contribution in [0, 0.1) is 0 Å². The Bertz CT molecular complexity index is 710. The van der Waals surface area contributed by atoms with Gasteiger partial charge in [0.1, 0.15) is 0 Å². The van der Waals surface area contributed by atoms with Crippen LogP contribution in [0.15, 0.2) is 59.6 Å². The Kier molecular flexibility index (Phi) is 4.83. The lowest BCUT2D eigenvalue weighted by Gasteiger charge is -2.21. The summed E-state index contributed by atoms with van der Waals surface area (Å²) in [6.45, 7) is 2.29. The van der Waals surface area contributed by atoms with Crippen molar-refractivity contribution in [2.75, 3.05) is 13.1 Å². The molecule has 0 saturated carbocycles. The SMILES string of the molecule is O=C(O)CC1=Nc2ccccc2CN(CCc2ccccc2)C1. The number of hydrogen-bond acceptors (Lipinski definition) is 3. The fourth-order valence-electron chi connectivity index (χ4n) is 2.87. The number of fused-ring (bicyclic) bond motifs is 1. The van der Waals surface area contributed by atoms with Gasteiger partial charge in [-0.3, -0.25) is 14.7 Å². The van der Waals surface area contributed by atoms with Gasteiger partial charge in [0.2, 0.25) is 0 Å². The summed E-state index contributed by atoms with van der Waals surface area (Å²) in [7, 11) is 0. The van der Waals surface area contributed by atoms with Gasteiger partial charge < -0.3 is 5.11 Å². The number of nitrogens with zero attached hydrogens (tertiary/aromatic N) is 2. The van der Waals surface area contributed by atoms with Gasteiger partial charge in [-0.15, -0.1) is 0 Å². The lowest BCUT2D eigenvalue weighted by Crippen LogP contribution is -2.31. The van der Waals surface area contributed by atoms with Crippen LogP contribution >= 0.6 is 0 Å². The Morgan fingerprint density at radius 2 is 1.78 bits per heavy atom. The molecule has 0 aromatic heterocycles. The van der Waals surface area contributed by atoms with Gasteiger partial charge in [-0.25, -0.2) is 0 Å². The van der Waals surface area contributed by atoms with Crippen molar-refractivity contribution in [1.29, 1.82) is 0 Å². The van der Waals surface area contributed by atoms with Crippen LogP contribution in [0.25, 0.3) is 0 Å². The molecule has 118 valence electrons. The summed E-state index contributed by atoms with van der Waals surface area (Å²) in [6, 6.07) is 18.3. The van der Waals surface area contributed by atoms with Gasteiger partial charge >= 0.3 is 5.97 Å². The molecule has 0 atom stereocenters. The van der Waals surface area contributed by atoms with Crippen LogP contribution in [0.1, 0.15) is 17.5 Å². The van der Waals surface area contributed by atoms with E-state index >= 15 is 0 Å². The molecule has 0 amide bonds. The fourth-order valence-corrected chi connectivity index (χ4v) is 2.87. The van der Waals surface area contributed by atoms with E-state index in [1.54, 1.807) is 0 Å². The topological polar surface area (TPSA) is 52.9 Å². The van der Waals surface area contributed by atoms with Gasteiger partial charge in [0, 0.05) is 25.3 Å². The average Bonchev–Trinajstić information content (AvgIpc) is 2.71. The Labute approximate surface area is 136 Å². The van der Waals surface area contributed by atoms with Gasteiger partial charge in [0.25, 0.3) is 0 Å². The highest BCUT2D eigenvalue weighted by molar-refractivity contribution is 6.01. The van der Waals surface area contributed by atoms with E-state index in [2.05, 4.69) is 28.1 Å². The lowest BCUT2D eigenvalue weighted by molar-refractivity contribution is -0.135. The zero-order valence-electron chi connectivity index (χ0n) is 13.0. The first-order chi connectivity index (χ1) is 11.2. The third-order valence-electron chi connectivity index (χ3n) is 3.99. The molecule has 4 nitrogen and oxygen atoms in total. The van der Waals surface area contributed by atoms with Crippen LogP contribution < -0.4 is 0 Å². The van der Waals surface area contributed by atoms with E-state index in [-0.39, 0.29) is 6.42 Å². The molecule has 0 unspecified atom stereocenters. The average molecular weight is 308 g/mol. The monoisotopic (exact) mass is 308 g/mol. The van der Waals surface area contributed by atoms with Crippen molar-refractivity contribution in [3.63, 3.8) is 0 Å². The van der Waals surface area contributed by atoms with Crippen molar-refractivity contribution >= 4 is 17.4 Å². The number of carboxylic acid groups (broad SMARTS) is 1. The van der Waals surface area contributed by atoms with Gasteiger partial charge in [-0.05, 0) is 23.6 Å². The largest absolute Gasteiger partial charge is 0.481 e. The summed E-state index contributed by atoms with van der Waals surface area (Å²) in [5.41, 5.74) is 4.06. The molecule has 0 aliphatic carbocycles. The molecule has 4 heteroatoms. The summed E-state index contributed by atoms with van der Waals surface area (Å²) < 4.78 is 0. The van der Waals surface area contributed by atoms with E-state index in [1.807, 2.05) is 36.4 Å². The fraction of sp³-hybridized carbons (Fsp3) is 0.263. The highest BCUT2D eigenvalue weighted by Crippen LogP contribution is 2.24. The molecule has 23 heavy (non-hydrogen) atoms. The van der Waals surface area contributed by atoms with E-state index < -0.39 is 5.97 Å². The molecule has 0 bridgehead atoms. The molecule has 1 heterocycles. The van der Waals surface area contributed by atoms with Crippen LogP contribution in [0.2, 0.25) is 0 Å². The number of rotatable bonds is 5. The third kappa shape index (κ3) is 4.27. The van der Waals surface area contributed by atoms with Gasteiger partial charge in [-0.2, -0.15) is 0 Å². The minimum atomic E-state index is -0.828. The van der Waals surface area contributed by atoms with Crippen molar-refractivity contribution in [2.24, 2.45) is 4.99 Å². The van der Waals surface area contributed by atoms with Crippen LogP contribution in [0.4, 0.5) is 5.69 Å². The first kappa shape index (κ1) is 15.4. The Morgan fingerprint density at radius 1 is 1.04 bits per heavy atom. The lowest BCUT2D eigenvalue weighted by atomic mass is 10.1. The number of carboxylic acids is 1. The normalized spacial score (nSPS) is 14.7. The number of benzene rings is 2. The molecule has 1 aliphatic rings. The maximum absolute atomic E-state index is 11.1. The number of aliphatic carboxylic acids is 1. The van der Waals surface area contributed by atoms with E-state index in [0.29, 0.717) is 6.54 Å². The first-order valence-corrected chi connectivity index (χ1v) is 7.83. The number of para-hydroxylation sites is 1. The Balaban J connectivity index is 1.76. The highest BCUT2D eigenvalue weighted by Gasteiger charge is 2.18. The van der Waals surface area contributed by atoms with Crippen LogP contribution in [0.3, 0.4) is 0 Å². The third-order valence-corrected chi connectivity index (χ3v) is 3.99. The molecule has 2 aromatic carbocycles. The minimum Gasteiger partial charge on any atom is -0.481 e. The quantitative estimate of drug-likeness (QED) is 0.922. The van der Waals surface area contributed by atoms with E-state index in [9.17, 15) is 4.79 Å². The van der Waals surface area contributed by atoms with Gasteiger partial charge in [-0.1, -0.05) is 48.5 Å². The molecular weight excluding hydrogens is 288 g/mol. The van der Waals surface area contributed by atoms with Crippen molar-refractivity contribution in [3.05, 3.63) is 65.7 Å². The number of aliphatic imine (C=N–C) groups is 1. The van der Waals surface area contributed by atoms with Crippen molar-refractivity contribution in [3.8, 4) is 0 Å². The number of carbonyl (C=O) groups is 1. The Hall–Kier alpha value is -2.46. The smallest absolute Gasteiger partial charge is 0.309 e. The molecule has 0 saturated heterocycles. The van der Waals surface area contributed by atoms with Gasteiger partial charge in [0.05, 0.1) is 12.1 Å². The molecule has 1 N–H and O–H groups in total. The molecular formula is C19H20N2O2. The molecule has 0 fully saturated rings. The Morgan fingerprint density at radius 3 is 2.57 bits per heavy atom. The molecule has 3 rings (SSSR count). The second-order valence-electron chi connectivity index (χ2n) is 5.82. The van der Waals surface area contributed by atoms with E-state index in [1.165, 1.54) is 5.56 Å². The summed E-state index contributed by atoms with van der Waals surface area (Å²) >= 11 is 0. The first-order valence-electron chi connectivity index (χ1n) is 7.83. The van der Waals surface area contributed by atoms with Crippen molar-refractivity contribution in [2.45, 2.75) is 19.4 Å².